The highest BCUT2D eigenvalue weighted by atomic mass is 15.1. The molecule has 236 valence electrons. The van der Waals surface area contributed by atoms with Gasteiger partial charge in [0, 0.05) is 27.8 Å². The van der Waals surface area contributed by atoms with Crippen molar-refractivity contribution in [2.75, 3.05) is 4.90 Å². The van der Waals surface area contributed by atoms with Crippen molar-refractivity contribution >= 4 is 17.1 Å². The van der Waals surface area contributed by atoms with Crippen LogP contribution in [0.1, 0.15) is 80.0 Å². The Morgan fingerprint density at radius 2 is 1.12 bits per heavy atom. The van der Waals surface area contributed by atoms with Crippen LogP contribution in [0.5, 0.6) is 0 Å². The van der Waals surface area contributed by atoms with Gasteiger partial charge in [0.15, 0.2) is 0 Å². The van der Waals surface area contributed by atoms with E-state index in [4.69, 9.17) is 0 Å². The van der Waals surface area contributed by atoms with Gasteiger partial charge in [0.25, 0.3) is 0 Å². The third kappa shape index (κ3) is 3.16. The van der Waals surface area contributed by atoms with Crippen molar-refractivity contribution in [2.24, 2.45) is 35.5 Å². The van der Waals surface area contributed by atoms with Crippen molar-refractivity contribution in [1.82, 2.24) is 0 Å². The first-order valence-electron chi connectivity index (χ1n) is 19.1. The van der Waals surface area contributed by atoms with Gasteiger partial charge in [-0.25, -0.2) is 0 Å². The zero-order valence-electron chi connectivity index (χ0n) is 27.7. The van der Waals surface area contributed by atoms with Crippen molar-refractivity contribution in [1.29, 1.82) is 0 Å². The van der Waals surface area contributed by atoms with Crippen LogP contribution in [0.25, 0.3) is 22.3 Å². The summed E-state index contributed by atoms with van der Waals surface area (Å²) in [6.45, 7) is 0. The minimum atomic E-state index is 0.177. The van der Waals surface area contributed by atoms with Gasteiger partial charge in [-0.15, -0.1) is 0 Å². The molecule has 8 aliphatic carbocycles. The molecule has 1 nitrogen and oxygen atoms in total. The number of para-hydroxylation sites is 1. The Bertz CT molecular complexity index is 2110. The van der Waals surface area contributed by atoms with Gasteiger partial charge in [0.05, 0.1) is 5.69 Å². The molecule has 6 fully saturated rings. The van der Waals surface area contributed by atoms with Gasteiger partial charge >= 0.3 is 0 Å². The van der Waals surface area contributed by atoms with E-state index in [0.29, 0.717) is 0 Å². The van der Waals surface area contributed by atoms with Gasteiger partial charge in [-0.2, -0.15) is 0 Å². The highest BCUT2D eigenvalue weighted by molar-refractivity contribution is 5.96. The number of fused-ring (bicyclic) bond motifs is 11. The monoisotopic (exact) mass is 621 g/mol. The summed E-state index contributed by atoms with van der Waals surface area (Å²) in [6.07, 6.45) is 12.7. The molecule has 0 N–H and O–H groups in total. The van der Waals surface area contributed by atoms with Crippen LogP contribution in [0.3, 0.4) is 0 Å². The number of rotatable bonds is 3. The van der Waals surface area contributed by atoms with E-state index in [2.05, 4.69) is 120 Å². The molecule has 2 spiro atoms. The van der Waals surface area contributed by atoms with Gasteiger partial charge in [-0.05, 0) is 156 Å². The lowest BCUT2D eigenvalue weighted by molar-refractivity contribution is -0.0399. The zero-order chi connectivity index (χ0) is 31.2. The average molecular weight is 622 g/mol. The summed E-state index contributed by atoms with van der Waals surface area (Å²) in [7, 11) is 0. The summed E-state index contributed by atoms with van der Waals surface area (Å²) < 4.78 is 0. The fraction of sp³-hybridized carbons (Fsp3) is 0.362. The lowest BCUT2D eigenvalue weighted by atomic mass is 9.43. The van der Waals surface area contributed by atoms with Crippen LogP contribution in [0.4, 0.5) is 17.1 Å². The normalized spacial score (nSPS) is 33.7. The quantitative estimate of drug-likeness (QED) is 0.194. The molecule has 3 atom stereocenters. The molecule has 8 aliphatic rings. The molecule has 6 bridgehead atoms. The van der Waals surface area contributed by atoms with Crippen LogP contribution >= 0.6 is 0 Å². The fourth-order valence-corrected chi connectivity index (χ4v) is 13.9. The van der Waals surface area contributed by atoms with Crippen LogP contribution in [0.2, 0.25) is 0 Å². The van der Waals surface area contributed by atoms with Crippen molar-refractivity contribution in [3.63, 3.8) is 0 Å². The highest BCUT2D eigenvalue weighted by Crippen LogP contribution is 2.70. The van der Waals surface area contributed by atoms with Crippen LogP contribution < -0.4 is 4.90 Å². The molecule has 13 rings (SSSR count). The van der Waals surface area contributed by atoms with Crippen molar-refractivity contribution < 1.29 is 0 Å². The lowest BCUT2D eigenvalue weighted by Gasteiger charge is -2.61. The first-order valence-corrected chi connectivity index (χ1v) is 19.1. The van der Waals surface area contributed by atoms with E-state index in [1.54, 1.807) is 22.3 Å². The number of hydrogen-bond donors (Lipinski definition) is 0. The summed E-state index contributed by atoms with van der Waals surface area (Å²) in [5, 5.41) is 0. The molecule has 0 aromatic heterocycles. The van der Waals surface area contributed by atoms with Gasteiger partial charge in [-0.3, -0.25) is 0 Å². The second-order valence-corrected chi connectivity index (χ2v) is 16.9. The lowest BCUT2D eigenvalue weighted by Crippen LogP contribution is -2.55. The second-order valence-electron chi connectivity index (χ2n) is 16.9. The molecule has 5 aromatic carbocycles. The van der Waals surface area contributed by atoms with Gasteiger partial charge in [-0.1, -0.05) is 91.3 Å². The third-order valence-corrected chi connectivity index (χ3v) is 15.1. The van der Waals surface area contributed by atoms with E-state index in [1.807, 2.05) is 0 Å². The Morgan fingerprint density at radius 3 is 1.88 bits per heavy atom. The van der Waals surface area contributed by atoms with E-state index >= 15 is 0 Å². The van der Waals surface area contributed by atoms with Crippen LogP contribution in [-0.2, 0) is 10.8 Å². The molecular formula is C47H43N. The minimum Gasteiger partial charge on any atom is -0.310 e. The Hall–Kier alpha value is -4.10. The Morgan fingerprint density at radius 1 is 0.458 bits per heavy atom. The molecule has 5 aromatic rings. The summed E-state index contributed by atoms with van der Waals surface area (Å²) in [5.41, 5.74) is 16.7. The minimum absolute atomic E-state index is 0.177. The number of nitrogens with zero attached hydrogens (tertiary/aromatic N) is 1. The first-order chi connectivity index (χ1) is 23.7. The van der Waals surface area contributed by atoms with Crippen molar-refractivity contribution in [3.8, 4) is 22.3 Å². The maximum atomic E-state index is 2.60. The highest BCUT2D eigenvalue weighted by Gasteiger charge is 2.62. The van der Waals surface area contributed by atoms with Crippen LogP contribution in [0.15, 0.2) is 115 Å². The maximum Gasteiger partial charge on any atom is 0.0543 e. The molecule has 0 heterocycles. The van der Waals surface area contributed by atoms with Gasteiger partial charge < -0.3 is 4.90 Å². The van der Waals surface area contributed by atoms with Crippen molar-refractivity contribution in [3.05, 3.63) is 138 Å². The van der Waals surface area contributed by atoms with Crippen molar-refractivity contribution in [2.45, 2.75) is 68.6 Å². The smallest absolute Gasteiger partial charge is 0.0543 e. The number of benzene rings is 5. The summed E-state index contributed by atoms with van der Waals surface area (Å²) in [5.74, 6) is 5.14. The Balaban J connectivity index is 1.08. The van der Waals surface area contributed by atoms with E-state index in [-0.39, 0.29) is 10.8 Å². The first kappa shape index (κ1) is 26.8. The van der Waals surface area contributed by atoms with E-state index in [0.717, 1.165) is 35.5 Å². The van der Waals surface area contributed by atoms with E-state index < -0.39 is 0 Å². The fourth-order valence-electron chi connectivity index (χ4n) is 13.9. The molecule has 0 aliphatic heterocycles. The third-order valence-electron chi connectivity index (χ3n) is 15.1. The second kappa shape index (κ2) is 9.32. The Labute approximate surface area is 285 Å². The Kier molecular flexibility index (Phi) is 5.20. The largest absolute Gasteiger partial charge is 0.310 e. The van der Waals surface area contributed by atoms with Crippen LogP contribution in [-0.4, -0.2) is 0 Å². The molecule has 6 saturated carbocycles. The molecular weight excluding hydrogens is 579 g/mol. The molecule has 0 amide bonds. The molecule has 48 heavy (non-hydrogen) atoms. The average Bonchev–Trinajstić information content (AvgIpc) is 3.88. The SMILES string of the molecule is c1ccc(N(c2ccc3c(c2)-c2ccccc2C32C3CC4CC(C3)CC2C4)c2cccc3c2-c2ccccc2C32CC3CCC2C3)cc1. The molecule has 3 unspecified atom stereocenters. The van der Waals surface area contributed by atoms with E-state index in [1.165, 1.54) is 97.1 Å². The maximum absolute atomic E-state index is 2.60. The predicted octanol–water partition coefficient (Wildman–Crippen LogP) is 12.0. The summed E-state index contributed by atoms with van der Waals surface area (Å²) in [6, 6.07) is 45.2. The van der Waals surface area contributed by atoms with Crippen LogP contribution in [0, 0.1) is 35.5 Å². The molecule has 1 heteroatoms. The summed E-state index contributed by atoms with van der Waals surface area (Å²) in [4.78, 5) is 2.60. The molecule has 0 radical (unpaired) electrons. The molecule has 0 saturated heterocycles. The predicted molar refractivity (Wildman–Crippen MR) is 196 cm³/mol. The topological polar surface area (TPSA) is 3.24 Å². The summed E-state index contributed by atoms with van der Waals surface area (Å²) >= 11 is 0. The van der Waals surface area contributed by atoms with E-state index in [9.17, 15) is 0 Å². The number of hydrogen-bond acceptors (Lipinski definition) is 1. The standard InChI is InChI=1S/C47H43N/c1-2-9-35(10-3-1)48(44-16-8-15-43-45(44)38-12-5-6-13-40(38)46(43)28-29-17-18-32(46)22-29)36-19-20-42-39(27-36)37-11-4-7-14-41(37)47(42)33-23-30-21-31(25-33)26-34(47)24-30/h1-16,19-20,27,29-34H,17-18,21-26,28H2. The van der Waals surface area contributed by atoms with Gasteiger partial charge in [0.1, 0.15) is 0 Å². The number of anilines is 3. The van der Waals surface area contributed by atoms with Gasteiger partial charge in [0.2, 0.25) is 0 Å². The zero-order valence-corrected chi connectivity index (χ0v) is 27.7.